The van der Waals surface area contributed by atoms with Gasteiger partial charge in [0.25, 0.3) is 0 Å². The fourth-order valence-corrected chi connectivity index (χ4v) is 4.15. The normalized spacial score (nSPS) is 11.9. The van der Waals surface area contributed by atoms with E-state index in [2.05, 4.69) is 21.6 Å². The largest absolute Gasteiger partial charge is 0.345 e. The summed E-state index contributed by atoms with van der Waals surface area (Å²) in [6, 6.07) is 13.2. The number of rotatable bonds is 9. The second-order valence-corrected chi connectivity index (χ2v) is 8.40. The Kier molecular flexibility index (Phi) is 7.00. The third kappa shape index (κ3) is 5.53. The molecule has 1 N–H and O–H groups in total. The average Bonchev–Trinajstić information content (AvgIpc) is 3.31. The van der Waals surface area contributed by atoms with Gasteiger partial charge in [-0.1, -0.05) is 48.2 Å². The number of ketones is 1. The molecule has 0 unspecified atom stereocenters. The Labute approximate surface area is 172 Å². The van der Waals surface area contributed by atoms with Crippen LogP contribution in [0, 0.1) is 0 Å². The highest BCUT2D eigenvalue weighted by molar-refractivity contribution is 7.99. The summed E-state index contributed by atoms with van der Waals surface area (Å²) < 4.78 is 1.91. The van der Waals surface area contributed by atoms with Crippen LogP contribution >= 0.6 is 23.1 Å². The van der Waals surface area contributed by atoms with Gasteiger partial charge < -0.3 is 9.88 Å². The number of amides is 1. The lowest BCUT2D eigenvalue weighted by atomic mass is 10.0. The minimum atomic E-state index is -0.524. The van der Waals surface area contributed by atoms with E-state index in [4.69, 9.17) is 0 Å². The molecule has 0 spiro atoms. The summed E-state index contributed by atoms with van der Waals surface area (Å²) in [6.45, 7) is 1.50. The molecule has 2 aromatic heterocycles. The number of nitrogens with one attached hydrogen (secondary N) is 1. The first-order valence-electron chi connectivity index (χ1n) is 8.90. The van der Waals surface area contributed by atoms with Crippen LogP contribution in [-0.4, -0.2) is 38.2 Å². The van der Waals surface area contributed by atoms with Gasteiger partial charge in [0.15, 0.2) is 10.9 Å². The third-order valence-corrected chi connectivity index (χ3v) is 6.18. The number of carbonyl (C=O) groups excluding carboxylic acids is 2. The number of hydrogen-bond acceptors (Lipinski definition) is 6. The van der Waals surface area contributed by atoms with E-state index < -0.39 is 6.04 Å². The molecule has 0 aliphatic rings. The highest BCUT2D eigenvalue weighted by Gasteiger charge is 2.19. The zero-order valence-corrected chi connectivity index (χ0v) is 17.4. The molecule has 1 aromatic carbocycles. The molecule has 8 heteroatoms. The SMILES string of the molecule is CC(=O)[C@@H](Cc1ccccc1)NC(=O)CSc1nnc(Cc2cccs2)n1C. The predicted octanol–water partition coefficient (Wildman–Crippen LogP) is 2.88. The van der Waals surface area contributed by atoms with E-state index in [1.807, 2.05) is 53.4 Å². The molecule has 0 saturated carbocycles. The molecule has 6 nitrogen and oxygen atoms in total. The molecular formula is C20H22N4O2S2. The van der Waals surface area contributed by atoms with Crippen molar-refractivity contribution in [3.05, 3.63) is 64.1 Å². The first-order valence-corrected chi connectivity index (χ1v) is 10.8. The summed E-state index contributed by atoms with van der Waals surface area (Å²) in [5.74, 6) is 0.794. The Bertz CT molecular complexity index is 923. The van der Waals surface area contributed by atoms with Crippen LogP contribution in [0.15, 0.2) is 53.0 Å². The number of thiophene rings is 1. The number of benzene rings is 1. The van der Waals surface area contributed by atoms with Crippen molar-refractivity contribution in [3.63, 3.8) is 0 Å². The van der Waals surface area contributed by atoms with E-state index in [1.165, 1.54) is 23.6 Å². The molecule has 0 fully saturated rings. The lowest BCUT2D eigenvalue weighted by Gasteiger charge is -2.16. The molecule has 1 amide bonds. The Morgan fingerprint density at radius 3 is 2.64 bits per heavy atom. The Morgan fingerprint density at radius 2 is 1.96 bits per heavy atom. The fourth-order valence-electron chi connectivity index (χ4n) is 2.71. The summed E-state index contributed by atoms with van der Waals surface area (Å²) in [5, 5.41) is 14.0. The van der Waals surface area contributed by atoms with Crippen molar-refractivity contribution in [1.82, 2.24) is 20.1 Å². The molecule has 0 bridgehead atoms. The first kappa shape index (κ1) is 20.3. The van der Waals surface area contributed by atoms with Gasteiger partial charge in [-0.05, 0) is 30.4 Å². The highest BCUT2D eigenvalue weighted by atomic mass is 32.2. The van der Waals surface area contributed by atoms with Crippen molar-refractivity contribution in [1.29, 1.82) is 0 Å². The number of nitrogens with zero attached hydrogens (tertiary/aromatic N) is 3. The molecule has 0 aliphatic heterocycles. The van der Waals surface area contributed by atoms with E-state index in [-0.39, 0.29) is 17.4 Å². The van der Waals surface area contributed by atoms with Crippen LogP contribution < -0.4 is 5.32 Å². The van der Waals surface area contributed by atoms with Gasteiger partial charge in [0.05, 0.1) is 11.8 Å². The molecule has 3 rings (SSSR count). The van der Waals surface area contributed by atoms with Crippen LogP contribution in [0.1, 0.15) is 23.2 Å². The highest BCUT2D eigenvalue weighted by Crippen LogP contribution is 2.19. The molecule has 3 aromatic rings. The number of thioether (sulfide) groups is 1. The van der Waals surface area contributed by atoms with E-state index in [0.717, 1.165) is 17.8 Å². The van der Waals surface area contributed by atoms with Gasteiger partial charge in [-0.25, -0.2) is 0 Å². The van der Waals surface area contributed by atoms with E-state index in [1.54, 1.807) is 11.3 Å². The molecular weight excluding hydrogens is 392 g/mol. The topological polar surface area (TPSA) is 76.9 Å². The van der Waals surface area contributed by atoms with Crippen LogP contribution in [-0.2, 0) is 29.5 Å². The van der Waals surface area contributed by atoms with Gasteiger partial charge in [0.1, 0.15) is 5.82 Å². The lowest BCUT2D eigenvalue weighted by molar-refractivity contribution is -0.125. The molecule has 0 aliphatic carbocycles. The lowest BCUT2D eigenvalue weighted by Crippen LogP contribution is -2.42. The van der Waals surface area contributed by atoms with Gasteiger partial charge in [-0.2, -0.15) is 0 Å². The first-order chi connectivity index (χ1) is 13.5. The van der Waals surface area contributed by atoms with E-state index in [0.29, 0.717) is 11.6 Å². The number of aromatic nitrogens is 3. The van der Waals surface area contributed by atoms with Crippen molar-refractivity contribution in [3.8, 4) is 0 Å². The standard InChI is InChI=1S/C20H22N4O2S2/c1-14(25)17(11-15-7-4-3-5-8-15)21-19(26)13-28-20-23-22-18(24(20)2)12-16-9-6-10-27-16/h3-10,17H,11-13H2,1-2H3,(H,21,26)/t17-/m1/s1. The minimum absolute atomic E-state index is 0.0564. The molecule has 2 heterocycles. The zero-order valence-electron chi connectivity index (χ0n) is 15.8. The summed E-state index contributed by atoms with van der Waals surface area (Å²) in [5.41, 5.74) is 1.02. The predicted molar refractivity (Wildman–Crippen MR) is 112 cm³/mol. The Morgan fingerprint density at radius 1 is 1.18 bits per heavy atom. The van der Waals surface area contributed by atoms with E-state index in [9.17, 15) is 9.59 Å². The quantitative estimate of drug-likeness (QED) is 0.545. The number of Topliss-reactive ketones (excluding diaryl/α,β-unsaturated/α-hetero) is 1. The van der Waals surface area contributed by atoms with Crippen molar-refractivity contribution >= 4 is 34.8 Å². The average molecular weight is 415 g/mol. The molecule has 146 valence electrons. The summed E-state index contributed by atoms with van der Waals surface area (Å²) in [6.07, 6.45) is 1.21. The van der Waals surface area contributed by atoms with Crippen LogP contribution in [0.4, 0.5) is 0 Å². The van der Waals surface area contributed by atoms with Crippen molar-refractivity contribution in [2.75, 3.05) is 5.75 Å². The van der Waals surface area contributed by atoms with Gasteiger partial charge in [-0.15, -0.1) is 21.5 Å². The second kappa shape index (κ2) is 9.66. The van der Waals surface area contributed by atoms with Gasteiger partial charge in [0.2, 0.25) is 5.91 Å². The number of carbonyl (C=O) groups is 2. The fraction of sp³-hybridized carbons (Fsp3) is 0.300. The van der Waals surface area contributed by atoms with Gasteiger partial charge >= 0.3 is 0 Å². The Hall–Kier alpha value is -2.45. The Balaban J connectivity index is 1.54. The van der Waals surface area contributed by atoms with Crippen LogP contribution in [0.2, 0.25) is 0 Å². The summed E-state index contributed by atoms with van der Waals surface area (Å²) in [4.78, 5) is 25.5. The van der Waals surface area contributed by atoms with Crippen molar-refractivity contribution < 1.29 is 9.59 Å². The molecule has 0 saturated heterocycles. The monoisotopic (exact) mass is 414 g/mol. The van der Waals surface area contributed by atoms with Gasteiger partial charge in [0, 0.05) is 18.3 Å². The maximum atomic E-state index is 12.4. The summed E-state index contributed by atoms with van der Waals surface area (Å²) >= 11 is 3.00. The van der Waals surface area contributed by atoms with Crippen LogP contribution in [0.5, 0.6) is 0 Å². The van der Waals surface area contributed by atoms with Crippen LogP contribution in [0.25, 0.3) is 0 Å². The van der Waals surface area contributed by atoms with Gasteiger partial charge in [-0.3, -0.25) is 9.59 Å². The molecule has 0 radical (unpaired) electrons. The van der Waals surface area contributed by atoms with Crippen molar-refractivity contribution in [2.45, 2.75) is 31.0 Å². The summed E-state index contributed by atoms with van der Waals surface area (Å²) in [7, 11) is 1.90. The van der Waals surface area contributed by atoms with Crippen LogP contribution in [0.3, 0.4) is 0 Å². The van der Waals surface area contributed by atoms with Crippen molar-refractivity contribution in [2.24, 2.45) is 7.05 Å². The zero-order chi connectivity index (χ0) is 19.9. The minimum Gasteiger partial charge on any atom is -0.345 e. The van der Waals surface area contributed by atoms with E-state index >= 15 is 0 Å². The third-order valence-electron chi connectivity index (χ3n) is 4.28. The maximum Gasteiger partial charge on any atom is 0.231 e. The second-order valence-electron chi connectivity index (χ2n) is 6.42. The molecule has 28 heavy (non-hydrogen) atoms. The maximum absolute atomic E-state index is 12.4. The molecule has 1 atom stereocenters. The number of hydrogen-bond donors (Lipinski definition) is 1. The smallest absolute Gasteiger partial charge is 0.231 e.